The molecule has 0 aliphatic carbocycles. The van der Waals surface area contributed by atoms with Crippen molar-refractivity contribution in [3.8, 4) is 0 Å². The van der Waals surface area contributed by atoms with Gasteiger partial charge < -0.3 is 0 Å². The number of rotatable bonds is 1. The first-order valence-electron chi connectivity index (χ1n) is 3.37. The molecule has 9 heavy (non-hydrogen) atoms. The third-order valence-corrected chi connectivity index (χ3v) is 2.60. The first-order valence-corrected chi connectivity index (χ1v) is 6.39. The van der Waals surface area contributed by atoms with Gasteiger partial charge in [0.1, 0.15) is 0 Å². The predicted octanol–water partition coefficient (Wildman–Crippen LogP) is 2.73. The van der Waals surface area contributed by atoms with E-state index in [1.54, 1.807) is 0 Å². The molecule has 0 fully saturated rings. The van der Waals surface area contributed by atoms with Crippen LogP contribution >= 0.6 is 10.0 Å². The second-order valence-electron chi connectivity index (χ2n) is 4.80. The van der Waals surface area contributed by atoms with Crippen LogP contribution in [0.2, 0.25) is 0 Å². The summed E-state index contributed by atoms with van der Waals surface area (Å²) in [4.78, 5) is 0. The van der Waals surface area contributed by atoms with E-state index in [1.165, 1.54) is 5.75 Å². The molecule has 0 bridgehead atoms. The summed E-state index contributed by atoms with van der Waals surface area (Å²) in [6, 6.07) is 0. The summed E-state index contributed by atoms with van der Waals surface area (Å²) >= 11 is 0. The van der Waals surface area contributed by atoms with Gasteiger partial charge >= 0.3 is 0 Å². The second-order valence-corrected chi connectivity index (χ2v) is 9.27. The maximum Gasteiger partial charge on any atom is -0.0186 e. The first-order chi connectivity index (χ1) is 3.71. The molecule has 0 aliphatic rings. The third kappa shape index (κ3) is 8.35. The molecule has 58 valence electrons. The summed E-state index contributed by atoms with van der Waals surface area (Å²) in [5, 5.41) is 0. The van der Waals surface area contributed by atoms with Crippen molar-refractivity contribution in [1.82, 2.24) is 0 Å². The van der Waals surface area contributed by atoms with Gasteiger partial charge in [0.2, 0.25) is 0 Å². The van der Waals surface area contributed by atoms with Gasteiger partial charge in [-0.2, -0.15) is 0 Å². The first kappa shape index (κ1) is 9.35. The lowest BCUT2D eigenvalue weighted by Gasteiger charge is -2.33. The fourth-order valence-electron chi connectivity index (χ4n) is 1.30. The normalized spacial score (nSPS) is 15.8. The Hall–Kier alpha value is 0.350. The van der Waals surface area contributed by atoms with E-state index in [1.807, 2.05) is 0 Å². The quantitative estimate of drug-likeness (QED) is 0.536. The van der Waals surface area contributed by atoms with Crippen LogP contribution < -0.4 is 0 Å². The molecule has 1 heteroatoms. The molecule has 0 N–H and O–H groups in total. The Morgan fingerprint density at radius 2 is 1.33 bits per heavy atom. The Morgan fingerprint density at radius 1 is 1.00 bits per heavy atom. The maximum atomic E-state index is 2.37. The van der Waals surface area contributed by atoms with Gasteiger partial charge in [-0.1, -0.05) is 20.8 Å². The highest BCUT2D eigenvalue weighted by Crippen LogP contribution is 2.40. The molecule has 0 atom stereocenters. The van der Waals surface area contributed by atoms with E-state index in [9.17, 15) is 0 Å². The van der Waals surface area contributed by atoms with Gasteiger partial charge in [-0.25, -0.2) is 10.0 Å². The van der Waals surface area contributed by atoms with E-state index in [0.717, 1.165) is 0 Å². The molecule has 0 saturated heterocycles. The molecule has 0 rings (SSSR count). The summed E-state index contributed by atoms with van der Waals surface area (Å²) in [6.07, 6.45) is 7.12. The summed E-state index contributed by atoms with van der Waals surface area (Å²) in [6.45, 7) is 6.93. The van der Waals surface area contributed by atoms with Crippen molar-refractivity contribution in [1.29, 1.82) is 0 Å². The molecule has 0 heterocycles. The molecule has 0 unspecified atom stereocenters. The van der Waals surface area contributed by atoms with E-state index >= 15 is 0 Å². The van der Waals surface area contributed by atoms with Gasteiger partial charge in [0.05, 0.1) is 0 Å². The second kappa shape index (κ2) is 2.53. The molecule has 0 aliphatic heterocycles. The van der Waals surface area contributed by atoms with E-state index in [-0.39, 0.29) is 10.0 Å². The van der Waals surface area contributed by atoms with Gasteiger partial charge in [-0.05, 0) is 29.9 Å². The van der Waals surface area contributed by atoms with Crippen molar-refractivity contribution in [2.75, 3.05) is 24.5 Å². The van der Waals surface area contributed by atoms with Crippen LogP contribution in [-0.4, -0.2) is 24.5 Å². The van der Waals surface area contributed by atoms with Crippen molar-refractivity contribution < 1.29 is 0 Å². The molecule has 0 nitrogen and oxygen atoms in total. The Labute approximate surface area is 61.4 Å². The van der Waals surface area contributed by atoms with Gasteiger partial charge in [-0.15, -0.1) is 0 Å². The predicted molar refractivity (Wildman–Crippen MR) is 49.7 cm³/mol. The van der Waals surface area contributed by atoms with Gasteiger partial charge in [0, 0.05) is 0 Å². The lowest BCUT2D eigenvalue weighted by atomic mass is 10.0. The lowest BCUT2D eigenvalue weighted by molar-refractivity contribution is 0.478. The van der Waals surface area contributed by atoms with Gasteiger partial charge in [0.15, 0.2) is 0 Å². The average molecular weight is 148 g/mol. The zero-order chi connectivity index (χ0) is 7.71. The average Bonchev–Trinajstić information content (AvgIpc) is 1.14. The zero-order valence-electron chi connectivity index (χ0n) is 7.62. The highest BCUT2D eigenvalue weighted by molar-refractivity contribution is 8.32. The minimum atomic E-state index is -0.282. The highest BCUT2D eigenvalue weighted by Gasteiger charge is 2.16. The van der Waals surface area contributed by atoms with Crippen LogP contribution in [0.4, 0.5) is 0 Å². The van der Waals surface area contributed by atoms with E-state index < -0.39 is 0 Å². The van der Waals surface area contributed by atoms with Crippen LogP contribution in [0.5, 0.6) is 0 Å². The fourth-order valence-corrected chi connectivity index (χ4v) is 3.90. The molecule has 0 aromatic rings. The van der Waals surface area contributed by atoms with Crippen molar-refractivity contribution >= 4 is 10.0 Å². The van der Waals surface area contributed by atoms with E-state index in [0.29, 0.717) is 5.41 Å². The molecule has 0 aromatic heterocycles. The molecule has 0 spiro atoms. The Morgan fingerprint density at radius 3 is 1.33 bits per heavy atom. The fraction of sp³-hybridized carbons (Fsp3) is 1.00. The topological polar surface area (TPSA) is 0 Å². The SMILES string of the molecule is CC(C)(C)CS(C)(C)C. The molecule has 0 aromatic carbocycles. The van der Waals surface area contributed by atoms with Crippen LogP contribution in [0.1, 0.15) is 20.8 Å². The third-order valence-electron chi connectivity index (χ3n) is 0.866. The summed E-state index contributed by atoms with van der Waals surface area (Å²) in [5.41, 5.74) is 0.521. The van der Waals surface area contributed by atoms with Crippen LogP contribution in [0.15, 0.2) is 0 Å². The Balaban J connectivity index is 3.75. The summed E-state index contributed by atoms with van der Waals surface area (Å²) < 4.78 is 0. The molecular weight excluding hydrogens is 128 g/mol. The van der Waals surface area contributed by atoms with Gasteiger partial charge in [-0.3, -0.25) is 0 Å². The zero-order valence-corrected chi connectivity index (χ0v) is 8.43. The Bertz CT molecular complexity index is 69.7. The monoisotopic (exact) mass is 148 g/mol. The van der Waals surface area contributed by atoms with E-state index in [4.69, 9.17) is 0 Å². The highest BCUT2D eigenvalue weighted by atomic mass is 32.3. The molecule has 0 radical (unpaired) electrons. The van der Waals surface area contributed by atoms with Crippen LogP contribution in [0.25, 0.3) is 0 Å². The van der Waals surface area contributed by atoms with Crippen molar-refractivity contribution in [3.05, 3.63) is 0 Å². The summed E-state index contributed by atoms with van der Waals surface area (Å²) in [5.74, 6) is 1.38. The van der Waals surface area contributed by atoms with Crippen molar-refractivity contribution in [2.45, 2.75) is 20.8 Å². The van der Waals surface area contributed by atoms with Crippen molar-refractivity contribution in [3.63, 3.8) is 0 Å². The summed E-state index contributed by atoms with van der Waals surface area (Å²) in [7, 11) is -0.282. The standard InChI is InChI=1S/C8H20S/c1-8(2,3)7-9(4,5)6/h7H2,1-6H3. The largest absolute Gasteiger partial charge is 0.249 e. The molecule has 0 saturated carbocycles. The minimum absolute atomic E-state index is 0.282. The molecule has 0 amide bonds. The smallest absolute Gasteiger partial charge is 0.0186 e. The van der Waals surface area contributed by atoms with E-state index in [2.05, 4.69) is 39.5 Å². The van der Waals surface area contributed by atoms with Crippen LogP contribution in [0.3, 0.4) is 0 Å². The lowest BCUT2D eigenvalue weighted by Crippen LogP contribution is -2.16. The maximum absolute atomic E-state index is 2.37. The van der Waals surface area contributed by atoms with Crippen LogP contribution in [0, 0.1) is 5.41 Å². The number of hydrogen-bond donors (Lipinski definition) is 0. The van der Waals surface area contributed by atoms with Crippen molar-refractivity contribution in [2.24, 2.45) is 5.41 Å². The van der Waals surface area contributed by atoms with Gasteiger partial charge in [0.25, 0.3) is 0 Å². The number of hydrogen-bond acceptors (Lipinski definition) is 0. The Kier molecular flexibility index (Phi) is 2.63. The minimum Gasteiger partial charge on any atom is -0.249 e. The molecular formula is C8H20S. The van der Waals surface area contributed by atoms with Crippen LogP contribution in [-0.2, 0) is 0 Å².